The van der Waals surface area contributed by atoms with Gasteiger partial charge in [0.15, 0.2) is 5.69 Å². The second-order valence-corrected chi connectivity index (χ2v) is 18.8. The van der Waals surface area contributed by atoms with Gasteiger partial charge in [-0.2, -0.15) is 4.81 Å². The van der Waals surface area contributed by atoms with Crippen molar-refractivity contribution in [3.8, 4) is 28.4 Å². The van der Waals surface area contributed by atoms with Gasteiger partial charge in [-0.1, -0.05) is 29.8 Å². The largest absolute Gasteiger partial charge is 0.593 e. The van der Waals surface area contributed by atoms with E-state index in [9.17, 15) is 23.6 Å². The maximum Gasteiger partial charge on any atom is 0.268 e. The lowest BCUT2D eigenvalue weighted by atomic mass is 9.99. The highest BCUT2D eigenvalue weighted by atomic mass is 35.5. The molecule has 67 heavy (non-hydrogen) atoms. The summed E-state index contributed by atoms with van der Waals surface area (Å²) in [7, 11) is -3.57. The lowest BCUT2D eigenvalue weighted by Gasteiger charge is -2.31. The SMILES string of the molecule is C[N+]([O-])(O)c1cc(S(=O)(=O)NC(=O)c2ccc(NCCNCc3cc(OCCN4CCOCC4)ccc3-c3ccc(Cl)cc3)cc2Oc2ccc3[nH]ccc3c2)ccc1NCC1CCOCC1. The van der Waals surface area contributed by atoms with Crippen LogP contribution in [0, 0.1) is 11.1 Å². The summed E-state index contributed by atoms with van der Waals surface area (Å²) in [5.41, 5.74) is 4.66. The van der Waals surface area contributed by atoms with E-state index < -0.39 is 20.7 Å². The van der Waals surface area contributed by atoms with E-state index in [0.29, 0.717) is 62.5 Å². The van der Waals surface area contributed by atoms with Crippen molar-refractivity contribution in [2.75, 3.05) is 90.0 Å². The lowest BCUT2D eigenvalue weighted by molar-refractivity contribution is -0.00403. The smallest absolute Gasteiger partial charge is 0.268 e. The van der Waals surface area contributed by atoms with Crippen molar-refractivity contribution in [2.24, 2.45) is 5.92 Å². The van der Waals surface area contributed by atoms with Gasteiger partial charge < -0.3 is 45.1 Å². The number of anilines is 2. The summed E-state index contributed by atoms with van der Waals surface area (Å²) >= 11 is 6.22. The van der Waals surface area contributed by atoms with Crippen molar-refractivity contribution in [3.05, 3.63) is 131 Å². The molecule has 16 nitrogen and oxygen atoms in total. The molecule has 0 aliphatic carbocycles. The second-order valence-electron chi connectivity index (χ2n) is 16.7. The predicted octanol–water partition coefficient (Wildman–Crippen LogP) is 7.97. The Morgan fingerprint density at radius 1 is 0.896 bits per heavy atom. The van der Waals surface area contributed by atoms with Crippen molar-refractivity contribution in [1.29, 1.82) is 0 Å². The standard InChI is InChI=1S/C49H56ClN7O9S/c1-57(59,60)47-31-42(9-13-46(47)54-32-34-15-23-63-24-16-34)67(61,62)55-49(58)44-10-6-39(30-48(44)66-41-8-12-45-36(28-41)14-17-53-45)52-19-18-51-33-37-29-40(65-27-22-56-20-25-64-26-21-56)7-11-43(37)35-2-4-38(50)5-3-35/h2-14,17,28-31,34,51-54,59H,15-16,18-27,32-33H2,1H3,(H,55,58). The number of quaternary nitrogens is 1. The fourth-order valence-corrected chi connectivity index (χ4v) is 9.20. The summed E-state index contributed by atoms with van der Waals surface area (Å²) in [6, 6.07) is 29.7. The van der Waals surface area contributed by atoms with Gasteiger partial charge in [-0.05, 0) is 108 Å². The van der Waals surface area contributed by atoms with Crippen LogP contribution in [0.15, 0.2) is 114 Å². The van der Waals surface area contributed by atoms with Gasteiger partial charge in [0.05, 0.1) is 29.4 Å². The first-order chi connectivity index (χ1) is 32.4. The fourth-order valence-electron chi connectivity index (χ4n) is 8.09. The molecular weight excluding hydrogens is 898 g/mol. The molecule has 8 rings (SSSR count). The first-order valence-electron chi connectivity index (χ1n) is 22.4. The predicted molar refractivity (Wildman–Crippen MR) is 261 cm³/mol. The number of hydrogen-bond acceptors (Lipinski definition) is 13. The van der Waals surface area contributed by atoms with Crippen molar-refractivity contribution >= 4 is 55.5 Å². The molecule has 1 atom stereocenters. The summed E-state index contributed by atoms with van der Waals surface area (Å²) in [5.74, 6) is 0.642. The zero-order chi connectivity index (χ0) is 46.8. The number of fused-ring (bicyclic) bond motifs is 1. The Bertz CT molecular complexity index is 2740. The van der Waals surface area contributed by atoms with Gasteiger partial charge in [0.1, 0.15) is 30.9 Å². The maximum atomic E-state index is 13.9. The Morgan fingerprint density at radius 2 is 1.67 bits per heavy atom. The molecule has 5 aromatic carbocycles. The number of hydroxylamine groups is 2. The van der Waals surface area contributed by atoms with Gasteiger partial charge >= 0.3 is 0 Å². The van der Waals surface area contributed by atoms with Crippen LogP contribution in [0.5, 0.6) is 17.2 Å². The first kappa shape index (κ1) is 47.8. The van der Waals surface area contributed by atoms with Crippen LogP contribution in [0.2, 0.25) is 5.02 Å². The lowest BCUT2D eigenvalue weighted by Crippen LogP contribution is -2.38. The average Bonchev–Trinajstić information content (AvgIpc) is 3.80. The van der Waals surface area contributed by atoms with Crippen LogP contribution < -0.4 is 35.0 Å². The number of H-pyrrole nitrogens is 1. The minimum Gasteiger partial charge on any atom is -0.593 e. The quantitative estimate of drug-likeness (QED) is 0.0245. The highest BCUT2D eigenvalue weighted by Crippen LogP contribution is 2.34. The van der Waals surface area contributed by atoms with Crippen LogP contribution in [0.25, 0.3) is 22.0 Å². The molecule has 2 aliphatic heterocycles. The minimum atomic E-state index is -4.55. The first-order valence-corrected chi connectivity index (χ1v) is 24.2. The molecule has 0 saturated carbocycles. The second kappa shape index (κ2) is 21.9. The van der Waals surface area contributed by atoms with E-state index in [0.717, 1.165) is 92.1 Å². The van der Waals surface area contributed by atoms with Gasteiger partial charge in [0.2, 0.25) is 0 Å². The molecule has 1 unspecified atom stereocenters. The number of aromatic amines is 1. The number of sulfonamides is 1. The number of carbonyl (C=O) groups is 1. The highest BCUT2D eigenvalue weighted by Gasteiger charge is 2.27. The average molecular weight is 955 g/mol. The van der Waals surface area contributed by atoms with Gasteiger partial charge in [0.25, 0.3) is 15.9 Å². The molecule has 2 aliphatic rings. The van der Waals surface area contributed by atoms with E-state index >= 15 is 0 Å². The van der Waals surface area contributed by atoms with Crippen LogP contribution in [-0.4, -0.2) is 109 Å². The summed E-state index contributed by atoms with van der Waals surface area (Å²) in [6.07, 6.45) is 3.47. The summed E-state index contributed by atoms with van der Waals surface area (Å²) in [6.45, 7) is 8.02. The van der Waals surface area contributed by atoms with Crippen LogP contribution in [0.4, 0.5) is 17.1 Å². The van der Waals surface area contributed by atoms with E-state index in [1.165, 1.54) is 18.2 Å². The molecule has 18 heteroatoms. The zero-order valence-electron chi connectivity index (χ0n) is 37.3. The summed E-state index contributed by atoms with van der Waals surface area (Å²) in [4.78, 5) is 17.1. The van der Waals surface area contributed by atoms with Gasteiger partial charge in [-0.25, -0.2) is 18.3 Å². The molecule has 1 amide bonds. The summed E-state index contributed by atoms with van der Waals surface area (Å²) < 4.78 is 53.1. The number of morpholine rings is 1. The molecule has 2 fully saturated rings. The molecule has 3 heterocycles. The summed E-state index contributed by atoms with van der Waals surface area (Å²) in [5, 5.41) is 35.0. The van der Waals surface area contributed by atoms with Crippen LogP contribution >= 0.6 is 11.6 Å². The molecule has 0 radical (unpaired) electrons. The van der Waals surface area contributed by atoms with E-state index in [2.05, 4.69) is 42.7 Å². The zero-order valence-corrected chi connectivity index (χ0v) is 38.8. The number of rotatable bonds is 20. The van der Waals surface area contributed by atoms with E-state index in [1.807, 2.05) is 48.5 Å². The Hall–Kier alpha value is -5.73. The third-order valence-corrected chi connectivity index (χ3v) is 13.4. The molecular formula is C49H56ClN7O9S. The van der Waals surface area contributed by atoms with E-state index in [-0.39, 0.29) is 33.5 Å². The van der Waals surface area contributed by atoms with Gasteiger partial charge in [-0.15, -0.1) is 0 Å². The number of carbonyl (C=O) groups excluding carboxylic acids is 1. The Kier molecular flexibility index (Phi) is 15.6. The normalized spacial score (nSPS) is 15.8. The van der Waals surface area contributed by atoms with Crippen molar-refractivity contribution in [3.63, 3.8) is 0 Å². The van der Waals surface area contributed by atoms with Crippen LogP contribution in [0.1, 0.15) is 28.8 Å². The van der Waals surface area contributed by atoms with Crippen molar-refractivity contribution in [2.45, 2.75) is 24.3 Å². The Labute approximate surface area is 395 Å². The third-order valence-electron chi connectivity index (χ3n) is 11.8. The highest BCUT2D eigenvalue weighted by molar-refractivity contribution is 7.90. The monoisotopic (exact) mass is 953 g/mol. The fraction of sp³-hybridized carbons (Fsp3) is 0.327. The molecule has 6 aromatic rings. The van der Waals surface area contributed by atoms with E-state index in [4.69, 9.17) is 30.5 Å². The Balaban J connectivity index is 0.951. The van der Waals surface area contributed by atoms with Crippen LogP contribution in [0.3, 0.4) is 0 Å². The van der Waals surface area contributed by atoms with Crippen molar-refractivity contribution < 1.29 is 37.4 Å². The van der Waals surface area contributed by atoms with Gasteiger partial charge in [0, 0.05) is 99.0 Å². The number of aromatic nitrogens is 1. The van der Waals surface area contributed by atoms with Crippen molar-refractivity contribution in [1.82, 2.24) is 24.7 Å². The number of hydrogen-bond donors (Lipinski definition) is 6. The molecule has 2 saturated heterocycles. The molecule has 0 spiro atoms. The number of amides is 1. The maximum absolute atomic E-state index is 13.9. The van der Waals surface area contributed by atoms with E-state index in [1.54, 1.807) is 24.4 Å². The molecule has 354 valence electrons. The third kappa shape index (κ3) is 12.8. The number of nitrogens with zero attached hydrogens (tertiary/aromatic N) is 2. The number of benzene rings is 5. The molecule has 0 bridgehead atoms. The number of nitrogens with one attached hydrogen (secondary N) is 5. The Morgan fingerprint density at radius 3 is 2.46 bits per heavy atom. The topological polar surface area (TPSA) is 199 Å². The molecule has 6 N–H and O–H groups in total. The minimum absolute atomic E-state index is 0.0511. The van der Waals surface area contributed by atoms with Gasteiger partial charge in [-0.3, -0.25) is 9.69 Å². The number of ether oxygens (including phenoxy) is 4. The molecule has 1 aromatic heterocycles. The van der Waals surface area contributed by atoms with Crippen LogP contribution in [-0.2, 0) is 26.0 Å². The number of halogens is 1.